The van der Waals surface area contributed by atoms with Gasteiger partial charge in [0.2, 0.25) is 5.91 Å². The van der Waals surface area contributed by atoms with Gasteiger partial charge in [-0.2, -0.15) is 0 Å². The molecule has 10 heteroatoms. The van der Waals surface area contributed by atoms with Gasteiger partial charge < -0.3 is 25.0 Å². The molecule has 1 aliphatic carbocycles. The number of hydrogen-bond acceptors (Lipinski definition) is 7. The zero-order valence-corrected chi connectivity index (χ0v) is 17.7. The standard InChI is InChI=1S/C21H25N3O5.CH2O2/c1-28-21(27)18(13-14-5-3-2-4-6-14)23-19(25)15-7-9-16(10-8-15)22-20(26)17-11-12-29-24-17;2-1-3/h2-6,11-12,15-16,18H,7-10,13H2,1H3,(H,22,26)(H,23,25);1H,(H,2,3). The van der Waals surface area contributed by atoms with Gasteiger partial charge in [-0.05, 0) is 31.2 Å². The number of esters is 1. The van der Waals surface area contributed by atoms with Crippen LogP contribution in [0, 0.1) is 5.92 Å². The Hall–Kier alpha value is -3.69. The predicted octanol–water partition coefficient (Wildman–Crippen LogP) is 1.56. The molecule has 1 heterocycles. The van der Waals surface area contributed by atoms with E-state index in [9.17, 15) is 14.4 Å². The van der Waals surface area contributed by atoms with Crippen molar-refractivity contribution in [2.24, 2.45) is 5.92 Å². The molecule has 172 valence electrons. The topological polar surface area (TPSA) is 148 Å². The molecule has 0 radical (unpaired) electrons. The monoisotopic (exact) mass is 445 g/mol. The van der Waals surface area contributed by atoms with Gasteiger partial charge in [-0.1, -0.05) is 35.5 Å². The van der Waals surface area contributed by atoms with E-state index >= 15 is 0 Å². The summed E-state index contributed by atoms with van der Waals surface area (Å²) in [7, 11) is 1.31. The summed E-state index contributed by atoms with van der Waals surface area (Å²) in [5.74, 6) is -1.09. The second-order valence-corrected chi connectivity index (χ2v) is 7.29. The lowest BCUT2D eigenvalue weighted by Gasteiger charge is -2.29. The van der Waals surface area contributed by atoms with Crippen molar-refractivity contribution in [2.45, 2.75) is 44.2 Å². The van der Waals surface area contributed by atoms with E-state index in [0.717, 1.165) is 5.56 Å². The third-order valence-corrected chi connectivity index (χ3v) is 5.19. The number of nitrogens with one attached hydrogen (secondary N) is 2. The van der Waals surface area contributed by atoms with Crippen molar-refractivity contribution >= 4 is 24.3 Å². The second kappa shape index (κ2) is 12.9. The van der Waals surface area contributed by atoms with Crippen molar-refractivity contribution in [3.63, 3.8) is 0 Å². The first-order chi connectivity index (χ1) is 15.5. The Balaban J connectivity index is 0.00000114. The summed E-state index contributed by atoms with van der Waals surface area (Å²) in [6, 6.07) is 10.3. The van der Waals surface area contributed by atoms with Crippen LogP contribution in [0.4, 0.5) is 0 Å². The predicted molar refractivity (Wildman–Crippen MR) is 113 cm³/mol. The average molecular weight is 445 g/mol. The van der Waals surface area contributed by atoms with Crippen molar-refractivity contribution in [1.29, 1.82) is 0 Å². The van der Waals surface area contributed by atoms with Crippen LogP contribution in [0.2, 0.25) is 0 Å². The highest BCUT2D eigenvalue weighted by atomic mass is 16.5. The molecule has 2 aromatic rings. The highest BCUT2D eigenvalue weighted by Crippen LogP contribution is 2.25. The minimum atomic E-state index is -0.723. The summed E-state index contributed by atoms with van der Waals surface area (Å²) >= 11 is 0. The number of rotatable bonds is 7. The molecular formula is C22H27N3O7. The molecule has 1 aromatic carbocycles. The summed E-state index contributed by atoms with van der Waals surface area (Å²) in [5.41, 5.74) is 1.19. The van der Waals surface area contributed by atoms with Crippen molar-refractivity contribution in [1.82, 2.24) is 15.8 Å². The Bertz CT molecular complexity index is 863. The van der Waals surface area contributed by atoms with Crippen LogP contribution in [0.5, 0.6) is 0 Å². The minimum absolute atomic E-state index is 0.0102. The number of amides is 2. The van der Waals surface area contributed by atoms with Crippen molar-refractivity contribution < 1.29 is 33.5 Å². The fourth-order valence-electron chi connectivity index (χ4n) is 3.56. The molecule has 10 nitrogen and oxygen atoms in total. The summed E-state index contributed by atoms with van der Waals surface area (Å²) in [5, 5.41) is 16.3. The van der Waals surface area contributed by atoms with Crippen LogP contribution in [0.1, 0.15) is 41.7 Å². The van der Waals surface area contributed by atoms with E-state index in [2.05, 4.69) is 20.3 Å². The maximum atomic E-state index is 12.7. The molecule has 1 atom stereocenters. The number of hydrogen-bond donors (Lipinski definition) is 3. The maximum Gasteiger partial charge on any atom is 0.328 e. The molecule has 1 saturated carbocycles. The van der Waals surface area contributed by atoms with Crippen LogP contribution in [0.15, 0.2) is 47.2 Å². The first kappa shape index (κ1) is 24.6. The summed E-state index contributed by atoms with van der Waals surface area (Å²) in [4.78, 5) is 45.2. The summed E-state index contributed by atoms with van der Waals surface area (Å²) in [6.45, 7) is -0.250. The van der Waals surface area contributed by atoms with Crippen molar-refractivity contribution in [2.75, 3.05) is 7.11 Å². The number of aromatic nitrogens is 1. The van der Waals surface area contributed by atoms with Crippen LogP contribution >= 0.6 is 0 Å². The molecule has 3 N–H and O–H groups in total. The smallest absolute Gasteiger partial charge is 0.328 e. The Kier molecular flexibility index (Phi) is 9.89. The lowest BCUT2D eigenvalue weighted by Crippen LogP contribution is -2.47. The van der Waals surface area contributed by atoms with E-state index < -0.39 is 12.0 Å². The van der Waals surface area contributed by atoms with E-state index in [1.807, 2.05) is 30.3 Å². The summed E-state index contributed by atoms with van der Waals surface area (Å²) < 4.78 is 9.53. The number of nitrogens with zero attached hydrogens (tertiary/aromatic N) is 1. The van der Waals surface area contributed by atoms with Gasteiger partial charge in [0, 0.05) is 24.4 Å². The Morgan fingerprint density at radius 3 is 2.41 bits per heavy atom. The van der Waals surface area contributed by atoms with E-state index in [1.165, 1.54) is 19.4 Å². The molecule has 0 saturated heterocycles. The fourth-order valence-corrected chi connectivity index (χ4v) is 3.56. The molecule has 1 unspecified atom stereocenters. The highest BCUT2D eigenvalue weighted by molar-refractivity contribution is 5.92. The van der Waals surface area contributed by atoms with E-state index in [1.54, 1.807) is 0 Å². The average Bonchev–Trinajstić information content (AvgIpc) is 3.35. The largest absolute Gasteiger partial charge is 0.483 e. The van der Waals surface area contributed by atoms with Gasteiger partial charge >= 0.3 is 5.97 Å². The third-order valence-electron chi connectivity index (χ3n) is 5.19. The van der Waals surface area contributed by atoms with Crippen LogP contribution in [-0.2, 0) is 25.5 Å². The zero-order chi connectivity index (χ0) is 23.3. The van der Waals surface area contributed by atoms with Gasteiger partial charge in [0.15, 0.2) is 5.69 Å². The van der Waals surface area contributed by atoms with Gasteiger partial charge in [-0.25, -0.2) is 4.79 Å². The summed E-state index contributed by atoms with van der Waals surface area (Å²) in [6.07, 6.45) is 4.36. The third kappa shape index (κ3) is 7.53. The lowest BCUT2D eigenvalue weighted by molar-refractivity contribution is -0.145. The Morgan fingerprint density at radius 1 is 1.19 bits per heavy atom. The molecule has 3 rings (SSSR count). The molecule has 1 fully saturated rings. The number of carboxylic acid groups (broad SMARTS) is 1. The second-order valence-electron chi connectivity index (χ2n) is 7.29. The lowest BCUT2D eigenvalue weighted by atomic mass is 9.85. The number of benzene rings is 1. The fraction of sp³-hybridized carbons (Fsp3) is 0.409. The van der Waals surface area contributed by atoms with Crippen LogP contribution in [-0.4, -0.2) is 53.7 Å². The van der Waals surface area contributed by atoms with Gasteiger partial charge in [0.25, 0.3) is 12.4 Å². The molecule has 1 aliphatic rings. The molecule has 0 aliphatic heterocycles. The van der Waals surface area contributed by atoms with E-state index in [0.29, 0.717) is 32.1 Å². The molecule has 1 aromatic heterocycles. The van der Waals surface area contributed by atoms with Crippen molar-refractivity contribution in [3.05, 3.63) is 53.9 Å². The van der Waals surface area contributed by atoms with E-state index in [4.69, 9.17) is 14.6 Å². The van der Waals surface area contributed by atoms with Crippen LogP contribution in [0.3, 0.4) is 0 Å². The number of methoxy groups -OCH3 is 1. The molecular weight excluding hydrogens is 418 g/mol. The molecule has 2 amide bonds. The minimum Gasteiger partial charge on any atom is -0.483 e. The zero-order valence-electron chi connectivity index (χ0n) is 17.7. The molecule has 32 heavy (non-hydrogen) atoms. The Labute approximate surface area is 185 Å². The van der Waals surface area contributed by atoms with Crippen LogP contribution < -0.4 is 10.6 Å². The first-order valence-corrected chi connectivity index (χ1v) is 10.2. The first-order valence-electron chi connectivity index (χ1n) is 10.2. The van der Waals surface area contributed by atoms with Gasteiger partial charge in [0.05, 0.1) is 7.11 Å². The number of ether oxygens (including phenoxy) is 1. The van der Waals surface area contributed by atoms with E-state index in [-0.39, 0.29) is 35.9 Å². The van der Waals surface area contributed by atoms with Crippen molar-refractivity contribution in [3.8, 4) is 0 Å². The molecule has 0 bridgehead atoms. The molecule has 0 spiro atoms. The van der Waals surface area contributed by atoms with Crippen LogP contribution in [0.25, 0.3) is 0 Å². The maximum absolute atomic E-state index is 12.7. The van der Waals surface area contributed by atoms with Gasteiger partial charge in [-0.15, -0.1) is 0 Å². The normalized spacial score (nSPS) is 18.3. The highest BCUT2D eigenvalue weighted by Gasteiger charge is 2.30. The Morgan fingerprint density at radius 2 is 1.84 bits per heavy atom. The van der Waals surface area contributed by atoms with Gasteiger partial charge in [0.1, 0.15) is 12.3 Å². The SMILES string of the molecule is COC(=O)C(Cc1ccccc1)NC(=O)C1CCC(NC(=O)c2ccon2)CC1.O=CO. The quantitative estimate of drug-likeness (QED) is 0.430. The van der Waals surface area contributed by atoms with Gasteiger partial charge in [-0.3, -0.25) is 14.4 Å². The number of carbonyl (C=O) groups is 4. The number of carbonyl (C=O) groups excluding carboxylic acids is 3.